The van der Waals surface area contributed by atoms with Gasteiger partial charge < -0.3 is 4.57 Å². The molecule has 0 aliphatic carbocycles. The number of aryl methyl sites for hydroxylation is 4. The third-order valence-electron chi connectivity index (χ3n) is 4.33. The highest BCUT2D eigenvalue weighted by Crippen LogP contribution is 2.38. The molecule has 2 rings (SSSR count). The van der Waals surface area contributed by atoms with Gasteiger partial charge in [-0.15, -0.1) is 0 Å². The van der Waals surface area contributed by atoms with Crippen molar-refractivity contribution in [3.05, 3.63) is 38.1 Å². The Balaban J connectivity index is 3.11. The fourth-order valence-electron chi connectivity index (χ4n) is 3.14. The Morgan fingerprint density at radius 2 is 1.58 bits per heavy atom. The molecule has 1 aromatic heterocycles. The summed E-state index contributed by atoms with van der Waals surface area (Å²) in [5, 5.41) is 12.4. The summed E-state index contributed by atoms with van der Waals surface area (Å²) in [6.07, 6.45) is 0. The summed E-state index contributed by atoms with van der Waals surface area (Å²) in [4.78, 5) is 11.1. The van der Waals surface area contributed by atoms with Crippen molar-refractivity contribution >= 4 is 16.6 Å². The van der Waals surface area contributed by atoms with Gasteiger partial charge in [-0.2, -0.15) is 0 Å². The molecule has 2 aromatic rings. The maximum atomic E-state index is 11.3. The van der Waals surface area contributed by atoms with E-state index in [0.717, 1.165) is 39.7 Å². The fraction of sp³-hybridized carbons (Fsp3) is 0.467. The van der Waals surface area contributed by atoms with Gasteiger partial charge in [0.2, 0.25) is 0 Å². The zero-order valence-electron chi connectivity index (χ0n) is 12.4. The van der Waals surface area contributed by atoms with Gasteiger partial charge in [0.15, 0.2) is 0 Å². The molecule has 0 aliphatic heterocycles. The molecule has 1 heterocycles. The molecule has 0 atom stereocenters. The van der Waals surface area contributed by atoms with Crippen molar-refractivity contribution in [1.82, 2.24) is 4.57 Å². The molecule has 0 N–H and O–H groups in total. The molecule has 0 unspecified atom stereocenters. The summed E-state index contributed by atoms with van der Waals surface area (Å²) < 4.78 is 2.25. The SMILES string of the molecule is CCn1c(C)c(C)c2c(C)c([N+](=O)[O-])c(C)c(C)c21. The quantitative estimate of drug-likeness (QED) is 0.602. The maximum absolute atomic E-state index is 11.3. The van der Waals surface area contributed by atoms with E-state index < -0.39 is 0 Å². The number of nitro groups is 1. The highest BCUT2D eigenvalue weighted by molar-refractivity contribution is 5.94. The van der Waals surface area contributed by atoms with Crippen LogP contribution in [0.3, 0.4) is 0 Å². The van der Waals surface area contributed by atoms with E-state index in [2.05, 4.69) is 25.3 Å². The molecule has 0 saturated heterocycles. The van der Waals surface area contributed by atoms with Crippen LogP contribution in [0.25, 0.3) is 10.9 Å². The van der Waals surface area contributed by atoms with E-state index in [4.69, 9.17) is 0 Å². The van der Waals surface area contributed by atoms with Crippen molar-refractivity contribution in [1.29, 1.82) is 0 Å². The van der Waals surface area contributed by atoms with Crippen LogP contribution in [0.1, 0.15) is 34.9 Å². The van der Waals surface area contributed by atoms with E-state index in [-0.39, 0.29) is 10.6 Å². The van der Waals surface area contributed by atoms with Crippen molar-refractivity contribution < 1.29 is 4.92 Å². The van der Waals surface area contributed by atoms with Crippen molar-refractivity contribution in [2.24, 2.45) is 0 Å². The van der Waals surface area contributed by atoms with Crippen LogP contribution in [0.15, 0.2) is 0 Å². The molecule has 4 nitrogen and oxygen atoms in total. The van der Waals surface area contributed by atoms with Crippen LogP contribution >= 0.6 is 0 Å². The molecule has 0 radical (unpaired) electrons. The van der Waals surface area contributed by atoms with Gasteiger partial charge >= 0.3 is 0 Å². The molecule has 0 bridgehead atoms. The monoisotopic (exact) mass is 260 g/mol. The zero-order chi connectivity index (χ0) is 14.5. The number of hydrogen-bond acceptors (Lipinski definition) is 2. The maximum Gasteiger partial charge on any atom is 0.276 e. The van der Waals surface area contributed by atoms with Gasteiger partial charge in [0, 0.05) is 28.8 Å². The minimum absolute atomic E-state index is 0.255. The Hall–Kier alpha value is -1.84. The van der Waals surface area contributed by atoms with E-state index in [1.54, 1.807) is 0 Å². The highest BCUT2D eigenvalue weighted by Gasteiger charge is 2.25. The normalized spacial score (nSPS) is 11.3. The Labute approximate surface area is 113 Å². The average Bonchev–Trinajstić information content (AvgIpc) is 2.59. The third kappa shape index (κ3) is 1.66. The standard InChI is InChI=1S/C15H20N2O2/c1-7-16-12(6)10(4)13-11(5)14(17(18)19)8(2)9(3)15(13)16/h7H2,1-6H3. The topological polar surface area (TPSA) is 48.1 Å². The number of aromatic nitrogens is 1. The summed E-state index contributed by atoms with van der Waals surface area (Å²) in [5.41, 5.74) is 6.35. The molecule has 102 valence electrons. The van der Waals surface area contributed by atoms with Crippen LogP contribution in [0, 0.1) is 44.7 Å². The second-order valence-corrected chi connectivity index (χ2v) is 5.16. The number of fused-ring (bicyclic) bond motifs is 1. The second-order valence-electron chi connectivity index (χ2n) is 5.16. The predicted octanol–water partition coefficient (Wildman–Crippen LogP) is 4.11. The smallest absolute Gasteiger partial charge is 0.276 e. The number of hydrogen-bond donors (Lipinski definition) is 0. The lowest BCUT2D eigenvalue weighted by molar-refractivity contribution is -0.385. The molecular formula is C15H20N2O2. The molecule has 1 aromatic carbocycles. The lowest BCUT2D eigenvalue weighted by atomic mass is 9.97. The third-order valence-corrected chi connectivity index (χ3v) is 4.33. The molecule has 0 spiro atoms. The van der Waals surface area contributed by atoms with Crippen LogP contribution in [-0.4, -0.2) is 9.49 Å². The minimum Gasteiger partial charge on any atom is -0.345 e. The van der Waals surface area contributed by atoms with Crippen LogP contribution in [0.5, 0.6) is 0 Å². The van der Waals surface area contributed by atoms with Crippen molar-refractivity contribution in [3.8, 4) is 0 Å². The first-order chi connectivity index (χ1) is 8.82. The molecule has 0 amide bonds. The van der Waals surface area contributed by atoms with E-state index >= 15 is 0 Å². The van der Waals surface area contributed by atoms with E-state index in [1.165, 1.54) is 5.69 Å². The van der Waals surface area contributed by atoms with E-state index in [1.807, 2.05) is 20.8 Å². The van der Waals surface area contributed by atoms with Crippen molar-refractivity contribution in [2.75, 3.05) is 0 Å². The molecule has 0 aliphatic rings. The highest BCUT2D eigenvalue weighted by atomic mass is 16.6. The van der Waals surface area contributed by atoms with E-state index in [9.17, 15) is 10.1 Å². The van der Waals surface area contributed by atoms with Crippen LogP contribution in [-0.2, 0) is 6.54 Å². The molecule has 0 saturated carbocycles. The number of nitrogens with zero attached hydrogens (tertiary/aromatic N) is 2. The molecule has 19 heavy (non-hydrogen) atoms. The Kier molecular flexibility index (Phi) is 3.12. The van der Waals surface area contributed by atoms with Gasteiger partial charge in [-0.05, 0) is 52.7 Å². The minimum atomic E-state index is -0.255. The lowest BCUT2D eigenvalue weighted by Gasteiger charge is -2.11. The Morgan fingerprint density at radius 1 is 1.00 bits per heavy atom. The van der Waals surface area contributed by atoms with Gasteiger partial charge in [0.05, 0.1) is 10.4 Å². The van der Waals surface area contributed by atoms with Crippen LogP contribution < -0.4 is 0 Å². The molecule has 4 heteroatoms. The largest absolute Gasteiger partial charge is 0.345 e. The van der Waals surface area contributed by atoms with E-state index in [0.29, 0.717) is 0 Å². The summed E-state index contributed by atoms with van der Waals surface area (Å²) in [6, 6.07) is 0. The first-order valence-corrected chi connectivity index (χ1v) is 6.56. The van der Waals surface area contributed by atoms with Crippen LogP contribution in [0.2, 0.25) is 0 Å². The zero-order valence-corrected chi connectivity index (χ0v) is 12.4. The first kappa shape index (κ1) is 13.6. The number of benzene rings is 1. The lowest BCUT2D eigenvalue weighted by Crippen LogP contribution is -2.02. The second kappa shape index (κ2) is 4.37. The summed E-state index contributed by atoms with van der Waals surface area (Å²) in [5.74, 6) is 0. The van der Waals surface area contributed by atoms with Gasteiger partial charge in [0.25, 0.3) is 5.69 Å². The molecular weight excluding hydrogens is 240 g/mol. The fourth-order valence-corrected chi connectivity index (χ4v) is 3.14. The van der Waals surface area contributed by atoms with Crippen LogP contribution in [0.4, 0.5) is 5.69 Å². The average molecular weight is 260 g/mol. The first-order valence-electron chi connectivity index (χ1n) is 6.56. The number of nitro benzene ring substituents is 1. The van der Waals surface area contributed by atoms with Gasteiger partial charge in [-0.25, -0.2) is 0 Å². The van der Waals surface area contributed by atoms with Gasteiger partial charge in [-0.3, -0.25) is 10.1 Å². The predicted molar refractivity (Wildman–Crippen MR) is 78.0 cm³/mol. The summed E-state index contributed by atoms with van der Waals surface area (Å²) in [7, 11) is 0. The van der Waals surface area contributed by atoms with Crippen molar-refractivity contribution in [2.45, 2.75) is 48.1 Å². The number of rotatable bonds is 2. The van der Waals surface area contributed by atoms with Gasteiger partial charge in [-0.1, -0.05) is 0 Å². The van der Waals surface area contributed by atoms with Gasteiger partial charge in [0.1, 0.15) is 0 Å². The summed E-state index contributed by atoms with van der Waals surface area (Å²) >= 11 is 0. The van der Waals surface area contributed by atoms with Crippen molar-refractivity contribution in [3.63, 3.8) is 0 Å². The Bertz CT molecular complexity index is 696. The molecule has 0 fully saturated rings. The Morgan fingerprint density at radius 3 is 2.05 bits per heavy atom. The summed E-state index contributed by atoms with van der Waals surface area (Å²) in [6.45, 7) is 12.8.